The first-order valence-electron chi connectivity index (χ1n) is 4.41. The van der Waals surface area contributed by atoms with Gasteiger partial charge in [0, 0.05) is 25.3 Å². The highest BCUT2D eigenvalue weighted by molar-refractivity contribution is 5.55. The van der Waals surface area contributed by atoms with Gasteiger partial charge in [-0.3, -0.25) is 4.79 Å². The minimum absolute atomic E-state index is 0.715. The van der Waals surface area contributed by atoms with E-state index < -0.39 is 0 Å². The summed E-state index contributed by atoms with van der Waals surface area (Å²) in [5, 5.41) is 3.29. The zero-order chi connectivity index (χ0) is 9.10. The topological polar surface area (TPSA) is 32.3 Å². The summed E-state index contributed by atoms with van der Waals surface area (Å²) in [6.07, 6.45) is 0.907. The Morgan fingerprint density at radius 3 is 3.08 bits per heavy atom. The molecule has 1 aliphatic rings. The molecule has 0 unspecified atom stereocenters. The Labute approximate surface area is 77.4 Å². The van der Waals surface area contributed by atoms with Crippen molar-refractivity contribution in [3.8, 4) is 0 Å². The monoisotopic (exact) mass is 176 g/mol. The standard InChI is InChI=1S/C10H12N2O/c13-8-12-6-5-11-10-4-2-1-3-9(10)7-12/h1-4,8,11H,5-7H2. The van der Waals surface area contributed by atoms with E-state index in [0.29, 0.717) is 6.54 Å². The van der Waals surface area contributed by atoms with Gasteiger partial charge in [-0.15, -0.1) is 0 Å². The summed E-state index contributed by atoms with van der Waals surface area (Å²) in [6.45, 7) is 2.32. The van der Waals surface area contributed by atoms with Crippen molar-refractivity contribution in [3.05, 3.63) is 29.8 Å². The number of nitrogens with zero attached hydrogens (tertiary/aromatic N) is 1. The Bertz CT molecular complexity index is 312. The third kappa shape index (κ3) is 1.64. The number of rotatable bonds is 1. The molecule has 0 atom stereocenters. The average Bonchev–Trinajstić information content (AvgIpc) is 2.38. The number of hydrogen-bond donors (Lipinski definition) is 1. The first kappa shape index (κ1) is 8.10. The van der Waals surface area contributed by atoms with Gasteiger partial charge in [0.05, 0.1) is 0 Å². The SMILES string of the molecule is O=CN1CCNc2ccccc2C1. The molecule has 2 rings (SSSR count). The molecule has 0 radical (unpaired) electrons. The number of carbonyl (C=O) groups is 1. The molecule has 68 valence electrons. The second kappa shape index (κ2) is 3.47. The lowest BCUT2D eigenvalue weighted by Gasteiger charge is -2.12. The highest BCUT2D eigenvalue weighted by atomic mass is 16.1. The van der Waals surface area contributed by atoms with Crippen molar-refractivity contribution in [1.29, 1.82) is 0 Å². The molecule has 13 heavy (non-hydrogen) atoms. The summed E-state index contributed by atoms with van der Waals surface area (Å²) in [7, 11) is 0. The van der Waals surface area contributed by atoms with E-state index in [1.165, 1.54) is 5.56 Å². The van der Waals surface area contributed by atoms with E-state index in [1.54, 1.807) is 4.90 Å². The van der Waals surface area contributed by atoms with Crippen molar-refractivity contribution >= 4 is 12.1 Å². The quantitative estimate of drug-likeness (QED) is 0.649. The summed E-state index contributed by atoms with van der Waals surface area (Å²) in [5.74, 6) is 0. The lowest BCUT2D eigenvalue weighted by molar-refractivity contribution is -0.118. The van der Waals surface area contributed by atoms with E-state index >= 15 is 0 Å². The van der Waals surface area contributed by atoms with Gasteiger partial charge in [0.2, 0.25) is 6.41 Å². The lowest BCUT2D eigenvalue weighted by atomic mass is 10.2. The second-order valence-corrected chi connectivity index (χ2v) is 3.16. The van der Waals surface area contributed by atoms with E-state index in [1.807, 2.05) is 24.3 Å². The van der Waals surface area contributed by atoms with Crippen LogP contribution in [-0.2, 0) is 11.3 Å². The first-order chi connectivity index (χ1) is 6.40. The Balaban J connectivity index is 2.28. The predicted molar refractivity (Wildman–Crippen MR) is 51.4 cm³/mol. The number of amides is 1. The third-order valence-electron chi connectivity index (χ3n) is 2.25. The van der Waals surface area contributed by atoms with Crippen molar-refractivity contribution in [2.75, 3.05) is 18.4 Å². The molecule has 0 saturated carbocycles. The minimum Gasteiger partial charge on any atom is -0.383 e. The van der Waals surface area contributed by atoms with Crippen LogP contribution in [0.15, 0.2) is 24.3 Å². The van der Waals surface area contributed by atoms with Crippen LogP contribution in [0.2, 0.25) is 0 Å². The molecule has 1 heterocycles. The zero-order valence-electron chi connectivity index (χ0n) is 7.36. The maximum atomic E-state index is 10.6. The summed E-state index contributed by atoms with van der Waals surface area (Å²) in [4.78, 5) is 12.4. The molecule has 0 spiro atoms. The minimum atomic E-state index is 0.715. The first-order valence-corrected chi connectivity index (χ1v) is 4.41. The van der Waals surface area contributed by atoms with Gasteiger partial charge in [-0.25, -0.2) is 0 Å². The van der Waals surface area contributed by atoms with E-state index in [-0.39, 0.29) is 0 Å². The molecule has 1 aromatic rings. The van der Waals surface area contributed by atoms with Gasteiger partial charge in [0.25, 0.3) is 0 Å². The van der Waals surface area contributed by atoms with Crippen molar-refractivity contribution in [1.82, 2.24) is 4.90 Å². The Kier molecular flexibility index (Phi) is 2.17. The Morgan fingerprint density at radius 2 is 2.23 bits per heavy atom. The van der Waals surface area contributed by atoms with Crippen molar-refractivity contribution in [2.24, 2.45) is 0 Å². The summed E-state index contributed by atoms with van der Waals surface area (Å²) < 4.78 is 0. The molecule has 0 aromatic heterocycles. The van der Waals surface area contributed by atoms with Crippen molar-refractivity contribution < 1.29 is 4.79 Å². The molecular weight excluding hydrogens is 164 g/mol. The second-order valence-electron chi connectivity index (χ2n) is 3.16. The molecule has 3 nitrogen and oxygen atoms in total. The molecule has 1 N–H and O–H groups in total. The molecule has 1 aromatic carbocycles. The molecule has 0 fully saturated rings. The normalized spacial score (nSPS) is 15.5. The van der Waals surface area contributed by atoms with Crippen LogP contribution in [0.4, 0.5) is 5.69 Å². The fraction of sp³-hybridized carbons (Fsp3) is 0.300. The van der Waals surface area contributed by atoms with Gasteiger partial charge >= 0.3 is 0 Å². The van der Waals surface area contributed by atoms with Crippen LogP contribution in [0.3, 0.4) is 0 Å². The fourth-order valence-electron chi connectivity index (χ4n) is 1.55. The van der Waals surface area contributed by atoms with Crippen LogP contribution in [0.25, 0.3) is 0 Å². The third-order valence-corrected chi connectivity index (χ3v) is 2.25. The smallest absolute Gasteiger partial charge is 0.210 e. The molecule has 0 saturated heterocycles. The van der Waals surface area contributed by atoms with Crippen LogP contribution in [0.5, 0.6) is 0 Å². The van der Waals surface area contributed by atoms with Gasteiger partial charge in [-0.05, 0) is 11.6 Å². The van der Waals surface area contributed by atoms with E-state index in [2.05, 4.69) is 5.32 Å². The summed E-state index contributed by atoms with van der Waals surface area (Å²) >= 11 is 0. The van der Waals surface area contributed by atoms with Crippen LogP contribution in [-0.4, -0.2) is 24.4 Å². The summed E-state index contributed by atoms with van der Waals surface area (Å²) in [5.41, 5.74) is 2.33. The maximum Gasteiger partial charge on any atom is 0.210 e. The molecule has 3 heteroatoms. The van der Waals surface area contributed by atoms with Crippen molar-refractivity contribution in [2.45, 2.75) is 6.54 Å². The number of hydrogen-bond acceptors (Lipinski definition) is 2. The van der Waals surface area contributed by atoms with E-state index in [0.717, 1.165) is 25.2 Å². The number of benzene rings is 1. The van der Waals surface area contributed by atoms with Gasteiger partial charge in [-0.1, -0.05) is 18.2 Å². The highest BCUT2D eigenvalue weighted by Crippen LogP contribution is 2.18. The largest absolute Gasteiger partial charge is 0.383 e. The van der Waals surface area contributed by atoms with Gasteiger partial charge in [-0.2, -0.15) is 0 Å². The molecule has 0 aliphatic carbocycles. The number of fused-ring (bicyclic) bond motifs is 1. The van der Waals surface area contributed by atoms with Gasteiger partial charge in [0.1, 0.15) is 0 Å². The lowest BCUT2D eigenvalue weighted by Crippen LogP contribution is -2.24. The van der Waals surface area contributed by atoms with Gasteiger partial charge < -0.3 is 10.2 Å². The number of carbonyl (C=O) groups excluding carboxylic acids is 1. The molecule has 0 bridgehead atoms. The van der Waals surface area contributed by atoms with Crippen LogP contribution in [0, 0.1) is 0 Å². The fourth-order valence-corrected chi connectivity index (χ4v) is 1.55. The maximum absolute atomic E-state index is 10.6. The van der Waals surface area contributed by atoms with Crippen molar-refractivity contribution in [3.63, 3.8) is 0 Å². The number of para-hydroxylation sites is 1. The zero-order valence-corrected chi connectivity index (χ0v) is 7.36. The number of anilines is 1. The molecule has 1 amide bonds. The van der Waals surface area contributed by atoms with Gasteiger partial charge in [0.15, 0.2) is 0 Å². The van der Waals surface area contributed by atoms with Crippen LogP contribution >= 0.6 is 0 Å². The van der Waals surface area contributed by atoms with E-state index in [4.69, 9.17) is 0 Å². The average molecular weight is 176 g/mol. The Hall–Kier alpha value is -1.51. The molecule has 1 aliphatic heterocycles. The Morgan fingerprint density at radius 1 is 1.38 bits per heavy atom. The predicted octanol–water partition coefficient (Wildman–Crippen LogP) is 1.07. The van der Waals surface area contributed by atoms with Crippen LogP contribution < -0.4 is 5.32 Å². The number of nitrogens with one attached hydrogen (secondary N) is 1. The van der Waals surface area contributed by atoms with Crippen LogP contribution in [0.1, 0.15) is 5.56 Å². The van der Waals surface area contributed by atoms with E-state index in [9.17, 15) is 4.79 Å². The molecular formula is C10H12N2O. The summed E-state index contributed by atoms with van der Waals surface area (Å²) in [6, 6.07) is 8.09. The highest BCUT2D eigenvalue weighted by Gasteiger charge is 2.10.